The maximum absolute atomic E-state index is 6.00. The average Bonchev–Trinajstić information content (AvgIpc) is 2.88. The van der Waals surface area contributed by atoms with E-state index in [1.165, 1.54) is 12.8 Å². The molecule has 116 valence electrons. The van der Waals surface area contributed by atoms with Crippen molar-refractivity contribution in [2.24, 2.45) is 0 Å². The Bertz CT molecular complexity index is 513. The maximum Gasteiger partial charge on any atom is 0.239 e. The molecule has 1 saturated carbocycles. The molecule has 0 spiro atoms. The molecule has 0 amide bonds. The summed E-state index contributed by atoms with van der Waals surface area (Å²) in [7, 11) is 0. The lowest BCUT2D eigenvalue weighted by Crippen LogP contribution is -2.49. The number of nitrogens with two attached hydrogens (primary N) is 1. The lowest BCUT2D eigenvalue weighted by Gasteiger charge is -2.38. The molecule has 1 aromatic heterocycles. The third-order valence-electron chi connectivity index (χ3n) is 4.05. The zero-order chi connectivity index (χ0) is 15.0. The highest BCUT2D eigenvalue weighted by molar-refractivity contribution is 5.55. The van der Waals surface area contributed by atoms with Crippen LogP contribution in [0.1, 0.15) is 40.0 Å². The molecule has 0 radical (unpaired) electrons. The summed E-state index contributed by atoms with van der Waals surface area (Å²) in [5, 5.41) is 0. The van der Waals surface area contributed by atoms with E-state index in [0.29, 0.717) is 23.7 Å². The van der Waals surface area contributed by atoms with Crippen LogP contribution in [-0.2, 0) is 4.74 Å². The molecule has 1 aromatic rings. The van der Waals surface area contributed by atoms with Crippen LogP contribution in [0.3, 0.4) is 0 Å². The Balaban J connectivity index is 1.86. The largest absolute Gasteiger partial charge is 0.470 e. The van der Waals surface area contributed by atoms with E-state index in [1.807, 2.05) is 32.9 Å². The molecule has 0 bridgehead atoms. The number of fused-ring (bicyclic) bond motifs is 1. The minimum atomic E-state index is -0.305. The van der Waals surface area contributed by atoms with Crippen LogP contribution in [0.25, 0.3) is 0 Å². The van der Waals surface area contributed by atoms with E-state index in [9.17, 15) is 0 Å². The molecule has 3 rings (SSSR count). The quantitative estimate of drug-likeness (QED) is 0.907. The van der Waals surface area contributed by atoms with Gasteiger partial charge in [0.15, 0.2) is 0 Å². The molecule has 2 aliphatic rings. The highest BCUT2D eigenvalue weighted by atomic mass is 16.5. The molecule has 1 aliphatic carbocycles. The Labute approximate surface area is 126 Å². The predicted molar refractivity (Wildman–Crippen MR) is 83.8 cm³/mol. The zero-order valence-corrected chi connectivity index (χ0v) is 13.1. The van der Waals surface area contributed by atoms with E-state index in [-0.39, 0.29) is 5.60 Å². The number of rotatable bonds is 2. The van der Waals surface area contributed by atoms with Crippen molar-refractivity contribution in [2.45, 2.75) is 57.8 Å². The average molecular weight is 291 g/mol. The molecule has 1 aliphatic heterocycles. The van der Waals surface area contributed by atoms with Crippen LogP contribution < -0.4 is 15.4 Å². The maximum atomic E-state index is 6.00. The van der Waals surface area contributed by atoms with E-state index < -0.39 is 0 Å². The van der Waals surface area contributed by atoms with Crippen molar-refractivity contribution in [3.8, 4) is 5.88 Å². The van der Waals surface area contributed by atoms with Gasteiger partial charge in [-0.05, 0) is 52.2 Å². The summed E-state index contributed by atoms with van der Waals surface area (Å²) in [6, 6.07) is 4.33. The third-order valence-corrected chi connectivity index (χ3v) is 4.05. The summed E-state index contributed by atoms with van der Waals surface area (Å²) in [5.74, 6) is 1.48. The van der Waals surface area contributed by atoms with Crippen LogP contribution in [-0.4, -0.2) is 35.9 Å². The van der Waals surface area contributed by atoms with Gasteiger partial charge in [-0.15, -0.1) is 0 Å². The van der Waals surface area contributed by atoms with Crippen LogP contribution in [0.4, 0.5) is 11.5 Å². The summed E-state index contributed by atoms with van der Waals surface area (Å²) in [6.07, 6.45) is 3.91. The van der Waals surface area contributed by atoms with Crippen LogP contribution in [0, 0.1) is 0 Å². The summed E-state index contributed by atoms with van der Waals surface area (Å²) in [6.45, 7) is 7.66. The molecule has 21 heavy (non-hydrogen) atoms. The fourth-order valence-corrected chi connectivity index (χ4v) is 3.18. The van der Waals surface area contributed by atoms with Crippen molar-refractivity contribution in [2.75, 3.05) is 23.8 Å². The summed E-state index contributed by atoms with van der Waals surface area (Å²) >= 11 is 0. The number of anilines is 2. The Kier molecular flexibility index (Phi) is 3.69. The van der Waals surface area contributed by atoms with Gasteiger partial charge in [-0.25, -0.2) is 0 Å². The minimum Gasteiger partial charge on any atom is -0.470 e. The van der Waals surface area contributed by atoms with Gasteiger partial charge < -0.3 is 20.1 Å². The van der Waals surface area contributed by atoms with Crippen molar-refractivity contribution < 1.29 is 9.47 Å². The molecular weight excluding hydrogens is 266 g/mol. The fourth-order valence-electron chi connectivity index (χ4n) is 3.18. The van der Waals surface area contributed by atoms with Crippen molar-refractivity contribution in [3.05, 3.63) is 12.1 Å². The number of nitrogens with zero attached hydrogens (tertiary/aromatic N) is 2. The lowest BCUT2D eigenvalue weighted by atomic mass is 10.1. The molecule has 2 fully saturated rings. The summed E-state index contributed by atoms with van der Waals surface area (Å²) in [5.41, 5.74) is 6.29. The van der Waals surface area contributed by atoms with Gasteiger partial charge in [-0.1, -0.05) is 0 Å². The first-order chi connectivity index (χ1) is 9.94. The van der Waals surface area contributed by atoms with Crippen molar-refractivity contribution in [3.63, 3.8) is 0 Å². The van der Waals surface area contributed by atoms with Crippen molar-refractivity contribution >= 4 is 11.5 Å². The van der Waals surface area contributed by atoms with Gasteiger partial charge in [0.25, 0.3) is 0 Å². The Morgan fingerprint density at radius 2 is 2.14 bits per heavy atom. The van der Waals surface area contributed by atoms with Gasteiger partial charge in [0.1, 0.15) is 11.4 Å². The van der Waals surface area contributed by atoms with Gasteiger partial charge in [-0.2, -0.15) is 4.98 Å². The van der Waals surface area contributed by atoms with Crippen LogP contribution in [0.15, 0.2) is 12.1 Å². The lowest BCUT2D eigenvalue weighted by molar-refractivity contribution is 0.0252. The number of hydrogen-bond donors (Lipinski definition) is 1. The van der Waals surface area contributed by atoms with Gasteiger partial charge >= 0.3 is 0 Å². The van der Waals surface area contributed by atoms with E-state index in [4.69, 9.17) is 15.2 Å². The zero-order valence-electron chi connectivity index (χ0n) is 13.1. The Morgan fingerprint density at radius 1 is 1.33 bits per heavy atom. The second-order valence-electron chi connectivity index (χ2n) is 6.88. The molecule has 5 heteroatoms. The van der Waals surface area contributed by atoms with E-state index in [1.54, 1.807) is 0 Å². The summed E-state index contributed by atoms with van der Waals surface area (Å²) in [4.78, 5) is 7.02. The number of pyridine rings is 1. The number of aromatic nitrogens is 1. The molecule has 2 N–H and O–H groups in total. The second kappa shape index (κ2) is 5.37. The summed E-state index contributed by atoms with van der Waals surface area (Å²) < 4.78 is 11.7. The second-order valence-corrected chi connectivity index (χ2v) is 6.88. The Hall–Kier alpha value is -1.49. The molecule has 2 unspecified atom stereocenters. The first-order valence-electron chi connectivity index (χ1n) is 7.78. The normalized spacial score (nSPS) is 25.8. The van der Waals surface area contributed by atoms with Crippen LogP contribution in [0.2, 0.25) is 0 Å². The minimum absolute atomic E-state index is 0.305. The topological polar surface area (TPSA) is 60.6 Å². The standard InChI is InChI=1S/C16H25N3O2/c1-16(2,3)21-15-11(17)7-8-14(18-15)19-9-10-20-13-6-4-5-12(13)19/h7-8,12-13H,4-6,9-10,17H2,1-3H3. The highest BCUT2D eigenvalue weighted by Crippen LogP contribution is 2.34. The van der Waals surface area contributed by atoms with Gasteiger partial charge in [-0.3, -0.25) is 0 Å². The van der Waals surface area contributed by atoms with Gasteiger partial charge in [0, 0.05) is 6.54 Å². The SMILES string of the molecule is CC(C)(C)Oc1nc(N2CCOC3CCCC32)ccc1N. The van der Waals surface area contributed by atoms with Crippen LogP contribution >= 0.6 is 0 Å². The Morgan fingerprint density at radius 3 is 2.90 bits per heavy atom. The first kappa shape index (κ1) is 14.4. The number of nitrogen functional groups attached to an aromatic ring is 1. The molecule has 0 aromatic carbocycles. The monoisotopic (exact) mass is 291 g/mol. The molecule has 2 atom stereocenters. The van der Waals surface area contributed by atoms with E-state index in [0.717, 1.165) is 25.4 Å². The molecule has 5 nitrogen and oxygen atoms in total. The molecule has 1 saturated heterocycles. The first-order valence-corrected chi connectivity index (χ1v) is 7.78. The third kappa shape index (κ3) is 3.07. The number of ether oxygens (including phenoxy) is 2. The van der Waals surface area contributed by atoms with Gasteiger partial charge in [0.2, 0.25) is 5.88 Å². The fraction of sp³-hybridized carbons (Fsp3) is 0.688. The molecule has 2 heterocycles. The van der Waals surface area contributed by atoms with E-state index >= 15 is 0 Å². The van der Waals surface area contributed by atoms with Crippen LogP contribution in [0.5, 0.6) is 5.88 Å². The molecular formula is C16H25N3O2. The smallest absolute Gasteiger partial charge is 0.239 e. The van der Waals surface area contributed by atoms with Gasteiger partial charge in [0.05, 0.1) is 24.4 Å². The highest BCUT2D eigenvalue weighted by Gasteiger charge is 2.36. The van der Waals surface area contributed by atoms with E-state index in [2.05, 4.69) is 9.88 Å². The van der Waals surface area contributed by atoms with Crippen molar-refractivity contribution in [1.82, 2.24) is 4.98 Å². The number of morpholine rings is 1. The number of hydrogen-bond acceptors (Lipinski definition) is 5. The predicted octanol–water partition coefficient (Wildman–Crippen LogP) is 2.60. The van der Waals surface area contributed by atoms with Crippen molar-refractivity contribution in [1.29, 1.82) is 0 Å².